The average Bonchev–Trinajstić information content (AvgIpc) is 2.40. The van der Waals surface area contributed by atoms with Crippen molar-refractivity contribution in [2.75, 3.05) is 33.4 Å². The third-order valence-corrected chi connectivity index (χ3v) is 2.78. The first-order valence-corrected chi connectivity index (χ1v) is 6.30. The molecule has 1 rings (SSSR count). The highest BCUT2D eigenvalue weighted by molar-refractivity contribution is 5.77. The van der Waals surface area contributed by atoms with Crippen LogP contribution in [0.15, 0.2) is 30.3 Å². The fraction of sp³-hybridized carbons (Fsp3) is 0.500. The molecule has 0 saturated carbocycles. The Bertz CT molecular complexity index is 380. The number of amides is 1. The summed E-state index contributed by atoms with van der Waals surface area (Å²) in [6.07, 6.45) is 0. The second-order valence-corrected chi connectivity index (χ2v) is 4.59. The highest BCUT2D eigenvalue weighted by atomic mass is 16.5. The highest BCUT2D eigenvalue weighted by Gasteiger charge is 2.22. The van der Waals surface area contributed by atoms with E-state index in [9.17, 15) is 9.90 Å². The number of carbonyl (C=O) groups is 1. The predicted molar refractivity (Wildman–Crippen MR) is 73.8 cm³/mol. The number of carbonyl (C=O) groups excluding carboxylic acids is 1. The third kappa shape index (κ3) is 5.83. The first kappa shape index (κ1) is 15.6. The van der Waals surface area contributed by atoms with Crippen LogP contribution in [0.1, 0.15) is 12.5 Å². The maximum absolute atomic E-state index is 11.4. The molecule has 0 aliphatic rings. The molecule has 1 aromatic carbocycles. The Labute approximate surface area is 114 Å². The number of methoxy groups -OCH3 is 1. The molecule has 0 bridgehead atoms. The fourth-order valence-electron chi connectivity index (χ4n) is 1.67. The molecule has 1 unspecified atom stereocenters. The molecule has 3 N–H and O–H groups in total. The van der Waals surface area contributed by atoms with Gasteiger partial charge in [0.2, 0.25) is 5.91 Å². The van der Waals surface area contributed by atoms with Crippen LogP contribution in [0.5, 0.6) is 0 Å². The molecule has 5 nitrogen and oxygen atoms in total. The van der Waals surface area contributed by atoms with Gasteiger partial charge in [-0.3, -0.25) is 4.79 Å². The zero-order valence-electron chi connectivity index (χ0n) is 11.5. The first-order chi connectivity index (χ1) is 9.06. The maximum Gasteiger partial charge on any atom is 0.234 e. The minimum absolute atomic E-state index is 0.110. The summed E-state index contributed by atoms with van der Waals surface area (Å²) < 4.78 is 4.83. The molecule has 0 radical (unpaired) electrons. The molecule has 0 aromatic heterocycles. The summed E-state index contributed by atoms with van der Waals surface area (Å²) >= 11 is 0. The van der Waals surface area contributed by atoms with Crippen LogP contribution in [0, 0.1) is 0 Å². The van der Waals surface area contributed by atoms with Crippen LogP contribution in [0.3, 0.4) is 0 Å². The molecule has 0 aliphatic carbocycles. The summed E-state index contributed by atoms with van der Waals surface area (Å²) in [6, 6.07) is 9.37. The Balaban J connectivity index is 2.30. The molecular weight excluding hydrogens is 244 g/mol. The zero-order chi connectivity index (χ0) is 14.1. The molecule has 1 amide bonds. The molecule has 0 spiro atoms. The molecule has 0 fully saturated rings. The van der Waals surface area contributed by atoms with Crippen molar-refractivity contribution in [2.24, 2.45) is 0 Å². The van der Waals surface area contributed by atoms with Crippen molar-refractivity contribution >= 4 is 5.91 Å². The van der Waals surface area contributed by atoms with E-state index < -0.39 is 5.60 Å². The Morgan fingerprint density at radius 3 is 2.68 bits per heavy atom. The Hall–Kier alpha value is -1.43. The predicted octanol–water partition coefficient (Wildman–Crippen LogP) is 0.246. The van der Waals surface area contributed by atoms with Crippen LogP contribution in [-0.4, -0.2) is 44.4 Å². The zero-order valence-corrected chi connectivity index (χ0v) is 11.5. The van der Waals surface area contributed by atoms with Crippen LogP contribution in [0.2, 0.25) is 0 Å². The van der Waals surface area contributed by atoms with Crippen molar-refractivity contribution in [3.63, 3.8) is 0 Å². The van der Waals surface area contributed by atoms with Gasteiger partial charge in [-0.05, 0) is 12.5 Å². The van der Waals surface area contributed by atoms with Gasteiger partial charge in [-0.25, -0.2) is 0 Å². The van der Waals surface area contributed by atoms with Crippen LogP contribution >= 0.6 is 0 Å². The van der Waals surface area contributed by atoms with Gasteiger partial charge in [0.1, 0.15) is 0 Å². The molecular formula is C14H22N2O3. The highest BCUT2D eigenvalue weighted by Crippen LogP contribution is 2.18. The van der Waals surface area contributed by atoms with Crippen LogP contribution < -0.4 is 10.6 Å². The van der Waals surface area contributed by atoms with Gasteiger partial charge in [0.25, 0.3) is 0 Å². The minimum atomic E-state index is -0.992. The summed E-state index contributed by atoms with van der Waals surface area (Å²) in [5.41, 5.74) is -0.170. The van der Waals surface area contributed by atoms with E-state index in [4.69, 9.17) is 4.74 Å². The second-order valence-electron chi connectivity index (χ2n) is 4.59. The van der Waals surface area contributed by atoms with Crippen molar-refractivity contribution in [1.29, 1.82) is 0 Å². The van der Waals surface area contributed by atoms with Crippen LogP contribution in [-0.2, 0) is 15.1 Å². The first-order valence-electron chi connectivity index (χ1n) is 6.30. The van der Waals surface area contributed by atoms with Crippen molar-refractivity contribution in [1.82, 2.24) is 10.6 Å². The van der Waals surface area contributed by atoms with Gasteiger partial charge in [0.05, 0.1) is 18.8 Å². The largest absolute Gasteiger partial charge is 0.384 e. The Morgan fingerprint density at radius 1 is 1.37 bits per heavy atom. The molecule has 1 atom stereocenters. The molecule has 1 aromatic rings. The van der Waals surface area contributed by atoms with Crippen molar-refractivity contribution in [2.45, 2.75) is 12.5 Å². The van der Waals surface area contributed by atoms with E-state index in [0.717, 1.165) is 5.56 Å². The van der Waals surface area contributed by atoms with E-state index in [1.807, 2.05) is 30.3 Å². The normalized spacial score (nSPS) is 13.8. The van der Waals surface area contributed by atoms with Gasteiger partial charge >= 0.3 is 0 Å². The Morgan fingerprint density at radius 2 is 2.05 bits per heavy atom. The van der Waals surface area contributed by atoms with Crippen LogP contribution in [0.25, 0.3) is 0 Å². The van der Waals surface area contributed by atoms with Gasteiger partial charge in [-0.15, -0.1) is 0 Å². The standard InChI is InChI=1S/C14H22N2O3/c1-14(18,12-6-4-3-5-7-12)11-15-10-13(17)16-8-9-19-2/h3-7,15,18H,8-11H2,1-2H3,(H,16,17). The fourth-order valence-corrected chi connectivity index (χ4v) is 1.67. The number of ether oxygens (including phenoxy) is 1. The summed E-state index contributed by atoms with van der Waals surface area (Å²) in [5.74, 6) is -0.110. The monoisotopic (exact) mass is 266 g/mol. The summed E-state index contributed by atoms with van der Waals surface area (Å²) in [7, 11) is 1.58. The SMILES string of the molecule is COCCNC(=O)CNCC(C)(O)c1ccccc1. The molecule has 106 valence electrons. The van der Waals surface area contributed by atoms with Gasteiger partial charge in [-0.2, -0.15) is 0 Å². The molecule has 19 heavy (non-hydrogen) atoms. The van der Waals surface area contributed by atoms with Gasteiger partial charge in [-0.1, -0.05) is 30.3 Å². The number of aliphatic hydroxyl groups is 1. The third-order valence-electron chi connectivity index (χ3n) is 2.78. The Kier molecular flexibility index (Phi) is 6.49. The summed E-state index contributed by atoms with van der Waals surface area (Å²) in [4.78, 5) is 11.4. The average molecular weight is 266 g/mol. The van der Waals surface area contributed by atoms with E-state index in [0.29, 0.717) is 19.7 Å². The lowest BCUT2D eigenvalue weighted by molar-refractivity contribution is -0.120. The topological polar surface area (TPSA) is 70.6 Å². The summed E-state index contributed by atoms with van der Waals surface area (Å²) in [5, 5.41) is 15.9. The number of benzene rings is 1. The van der Waals surface area contributed by atoms with Crippen molar-refractivity contribution in [3.05, 3.63) is 35.9 Å². The minimum Gasteiger partial charge on any atom is -0.384 e. The van der Waals surface area contributed by atoms with E-state index in [1.54, 1.807) is 14.0 Å². The number of hydrogen-bond donors (Lipinski definition) is 3. The number of hydrogen-bond acceptors (Lipinski definition) is 4. The van der Waals surface area contributed by atoms with Crippen molar-refractivity contribution in [3.8, 4) is 0 Å². The van der Waals surface area contributed by atoms with Gasteiger partial charge in [0.15, 0.2) is 0 Å². The van der Waals surface area contributed by atoms with E-state index in [1.165, 1.54) is 0 Å². The number of rotatable bonds is 8. The molecule has 0 heterocycles. The van der Waals surface area contributed by atoms with E-state index >= 15 is 0 Å². The second kappa shape index (κ2) is 7.89. The van der Waals surface area contributed by atoms with Crippen LogP contribution in [0.4, 0.5) is 0 Å². The molecule has 0 saturated heterocycles. The maximum atomic E-state index is 11.4. The lowest BCUT2D eigenvalue weighted by Crippen LogP contribution is -2.41. The van der Waals surface area contributed by atoms with Gasteiger partial charge in [0, 0.05) is 20.2 Å². The van der Waals surface area contributed by atoms with Crippen molar-refractivity contribution < 1.29 is 14.6 Å². The molecule has 5 heteroatoms. The lowest BCUT2D eigenvalue weighted by atomic mass is 9.96. The lowest BCUT2D eigenvalue weighted by Gasteiger charge is -2.24. The number of nitrogens with one attached hydrogen (secondary N) is 2. The smallest absolute Gasteiger partial charge is 0.234 e. The van der Waals surface area contributed by atoms with Gasteiger partial charge < -0.3 is 20.5 Å². The van der Waals surface area contributed by atoms with E-state index in [-0.39, 0.29) is 12.5 Å². The van der Waals surface area contributed by atoms with E-state index in [2.05, 4.69) is 10.6 Å². The quantitative estimate of drug-likeness (QED) is 0.590. The summed E-state index contributed by atoms with van der Waals surface area (Å²) in [6.45, 7) is 3.19. The molecule has 0 aliphatic heterocycles.